The van der Waals surface area contributed by atoms with E-state index in [0.29, 0.717) is 6.07 Å². The van der Waals surface area contributed by atoms with E-state index in [2.05, 4.69) is 0 Å². The number of ether oxygens (including phenoxy) is 2. The van der Waals surface area contributed by atoms with E-state index in [1.165, 1.54) is 6.92 Å². The molecule has 2 rings (SSSR count). The predicted molar refractivity (Wildman–Crippen MR) is 78.9 cm³/mol. The average molecular weight is 360 g/mol. The molecule has 12 nitrogen and oxygen atoms in total. The Morgan fingerprint density at radius 2 is 1.80 bits per heavy atom. The highest BCUT2D eigenvalue weighted by molar-refractivity contribution is 5.58. The van der Waals surface area contributed by atoms with Crippen molar-refractivity contribution in [3.8, 4) is 5.75 Å². The molecule has 0 unspecified atom stereocenters. The van der Waals surface area contributed by atoms with E-state index in [-0.39, 0.29) is 5.56 Å². The van der Waals surface area contributed by atoms with Crippen molar-refractivity contribution in [2.24, 2.45) is 0 Å². The number of benzene rings is 1. The number of nitro groups is 2. The first-order valence-corrected chi connectivity index (χ1v) is 7.08. The summed E-state index contributed by atoms with van der Waals surface area (Å²) in [7, 11) is 0. The number of hydrogen-bond acceptors (Lipinski definition) is 10. The van der Waals surface area contributed by atoms with Crippen molar-refractivity contribution in [1.29, 1.82) is 0 Å². The Balaban J connectivity index is 2.39. The minimum absolute atomic E-state index is 0.0130. The molecular weight excluding hydrogens is 344 g/mol. The third kappa shape index (κ3) is 3.67. The van der Waals surface area contributed by atoms with Crippen molar-refractivity contribution in [1.82, 2.24) is 0 Å². The van der Waals surface area contributed by atoms with Gasteiger partial charge >= 0.3 is 5.69 Å². The fourth-order valence-electron chi connectivity index (χ4n) is 2.47. The maximum absolute atomic E-state index is 11.2. The summed E-state index contributed by atoms with van der Waals surface area (Å²) in [5.74, 6) is -0.419. The van der Waals surface area contributed by atoms with Gasteiger partial charge in [0.15, 0.2) is 12.4 Å². The van der Waals surface area contributed by atoms with Crippen LogP contribution >= 0.6 is 0 Å². The Kier molecular flexibility index (Phi) is 5.49. The molecule has 1 fully saturated rings. The molecule has 0 saturated carbocycles. The van der Waals surface area contributed by atoms with E-state index >= 15 is 0 Å². The molecule has 1 aromatic rings. The van der Waals surface area contributed by atoms with Gasteiger partial charge in [-0.1, -0.05) is 0 Å². The molecule has 1 aromatic carbocycles. The van der Waals surface area contributed by atoms with Gasteiger partial charge in [-0.15, -0.1) is 0 Å². The van der Waals surface area contributed by atoms with Crippen LogP contribution in [0.4, 0.5) is 11.4 Å². The maximum atomic E-state index is 11.2. The lowest BCUT2D eigenvalue weighted by atomic mass is 9.99. The molecule has 0 bridgehead atoms. The zero-order chi connectivity index (χ0) is 18.9. The van der Waals surface area contributed by atoms with Gasteiger partial charge in [0.2, 0.25) is 5.75 Å². The third-order valence-corrected chi connectivity index (χ3v) is 3.74. The minimum Gasteiger partial charge on any atom is -0.475 e. The van der Waals surface area contributed by atoms with Gasteiger partial charge in [-0.05, 0) is 6.92 Å². The Bertz CT molecular complexity index is 681. The van der Waals surface area contributed by atoms with Crippen LogP contribution in [0.2, 0.25) is 0 Å². The number of nitrogens with zero attached hydrogens (tertiary/aromatic N) is 2. The molecule has 1 heterocycles. The second kappa shape index (κ2) is 7.25. The van der Waals surface area contributed by atoms with E-state index < -0.39 is 64.3 Å². The number of hydrogen-bond donors (Lipinski definition) is 4. The van der Waals surface area contributed by atoms with Crippen molar-refractivity contribution < 1.29 is 39.7 Å². The molecule has 0 amide bonds. The van der Waals surface area contributed by atoms with Crippen molar-refractivity contribution in [2.45, 2.75) is 37.6 Å². The summed E-state index contributed by atoms with van der Waals surface area (Å²) in [5, 5.41) is 60.8. The molecule has 0 spiro atoms. The fourth-order valence-corrected chi connectivity index (χ4v) is 2.47. The average Bonchev–Trinajstić information content (AvgIpc) is 2.55. The Hall–Kier alpha value is -2.38. The van der Waals surface area contributed by atoms with E-state index in [9.17, 15) is 35.5 Å². The second-order valence-electron chi connectivity index (χ2n) is 5.44. The zero-order valence-electron chi connectivity index (χ0n) is 12.9. The zero-order valence-corrected chi connectivity index (χ0v) is 12.9. The highest BCUT2D eigenvalue weighted by Gasteiger charge is 2.46. The van der Waals surface area contributed by atoms with Gasteiger partial charge < -0.3 is 29.9 Å². The fraction of sp³-hybridized carbons (Fsp3) is 0.538. The second-order valence-corrected chi connectivity index (χ2v) is 5.44. The van der Waals surface area contributed by atoms with Gasteiger partial charge in [-0.3, -0.25) is 20.2 Å². The number of aryl methyl sites for hydroxylation is 1. The van der Waals surface area contributed by atoms with Crippen LogP contribution in [0.5, 0.6) is 5.75 Å². The molecule has 0 aliphatic carbocycles. The van der Waals surface area contributed by atoms with Gasteiger partial charge in [-0.25, -0.2) is 0 Å². The topological polar surface area (TPSA) is 186 Å². The SMILES string of the molecule is Cc1cc([N+](=O)[O-])cc([N+](=O)[O-])c1O[C@@H]1[C@@H](O)[C@@H](O)[C@@H](CO)O[C@H]1O. The molecule has 1 saturated heterocycles. The Morgan fingerprint density at radius 3 is 2.32 bits per heavy atom. The van der Waals surface area contributed by atoms with Gasteiger partial charge in [0.25, 0.3) is 5.69 Å². The van der Waals surface area contributed by atoms with Gasteiger partial charge in [-0.2, -0.15) is 0 Å². The van der Waals surface area contributed by atoms with Crippen molar-refractivity contribution >= 4 is 11.4 Å². The molecular formula is C13H16N2O10. The lowest BCUT2D eigenvalue weighted by Gasteiger charge is -2.39. The third-order valence-electron chi connectivity index (χ3n) is 3.74. The summed E-state index contributed by atoms with van der Waals surface area (Å²) < 4.78 is 10.2. The van der Waals surface area contributed by atoms with E-state index in [4.69, 9.17) is 14.6 Å². The summed E-state index contributed by atoms with van der Waals surface area (Å²) in [6, 6.07) is 1.70. The largest absolute Gasteiger partial charge is 0.475 e. The summed E-state index contributed by atoms with van der Waals surface area (Å²) in [4.78, 5) is 20.3. The first-order valence-electron chi connectivity index (χ1n) is 7.08. The summed E-state index contributed by atoms with van der Waals surface area (Å²) in [5.41, 5.74) is -1.26. The molecule has 1 aliphatic heterocycles. The summed E-state index contributed by atoms with van der Waals surface area (Å²) >= 11 is 0. The van der Waals surface area contributed by atoms with Crippen LogP contribution in [0.15, 0.2) is 12.1 Å². The lowest BCUT2D eigenvalue weighted by Crippen LogP contribution is -2.60. The summed E-state index contributed by atoms with van der Waals surface area (Å²) in [6.45, 7) is 0.628. The minimum atomic E-state index is -1.80. The highest BCUT2D eigenvalue weighted by atomic mass is 16.7. The molecule has 0 aromatic heterocycles. The maximum Gasteiger partial charge on any atom is 0.318 e. The number of aliphatic hydroxyl groups is 4. The van der Waals surface area contributed by atoms with Crippen LogP contribution in [0.3, 0.4) is 0 Å². The number of non-ortho nitro benzene ring substituents is 1. The van der Waals surface area contributed by atoms with E-state index in [0.717, 1.165) is 6.07 Å². The molecule has 1 aliphatic rings. The quantitative estimate of drug-likeness (QED) is 0.374. The molecule has 25 heavy (non-hydrogen) atoms. The first kappa shape index (κ1) is 19.0. The smallest absolute Gasteiger partial charge is 0.318 e. The van der Waals surface area contributed by atoms with Crippen LogP contribution in [-0.2, 0) is 4.74 Å². The molecule has 0 radical (unpaired) electrons. The number of nitro benzene ring substituents is 2. The van der Waals surface area contributed by atoms with Crippen LogP contribution < -0.4 is 4.74 Å². The molecule has 4 N–H and O–H groups in total. The van der Waals surface area contributed by atoms with Crippen molar-refractivity contribution in [3.63, 3.8) is 0 Å². The van der Waals surface area contributed by atoms with Crippen LogP contribution in [-0.4, -0.2) is 67.6 Å². The normalized spacial score (nSPS) is 29.2. The van der Waals surface area contributed by atoms with Crippen LogP contribution in [0.1, 0.15) is 5.56 Å². The van der Waals surface area contributed by atoms with Gasteiger partial charge in [0.1, 0.15) is 18.3 Å². The van der Waals surface area contributed by atoms with Gasteiger partial charge in [0, 0.05) is 11.6 Å². The summed E-state index contributed by atoms with van der Waals surface area (Å²) in [6.07, 6.45) is -8.02. The molecule has 12 heteroatoms. The Labute approximate surface area is 140 Å². The van der Waals surface area contributed by atoms with Crippen LogP contribution in [0.25, 0.3) is 0 Å². The van der Waals surface area contributed by atoms with Crippen molar-refractivity contribution in [3.05, 3.63) is 37.9 Å². The molecule has 5 atom stereocenters. The highest BCUT2D eigenvalue weighted by Crippen LogP contribution is 2.37. The van der Waals surface area contributed by atoms with Crippen molar-refractivity contribution in [2.75, 3.05) is 6.61 Å². The monoisotopic (exact) mass is 360 g/mol. The standard InChI is InChI=1S/C13H16N2O10/c1-5-2-6(14(20)21)3-7(15(22)23)11(5)25-12-10(18)9(17)8(4-16)24-13(12)19/h2-3,8-10,12-13,16-19H,4H2,1H3/t8-,9+,10+,12-,13-/m1/s1. The molecule has 138 valence electrons. The first-order chi connectivity index (χ1) is 11.7. The van der Waals surface area contributed by atoms with Crippen LogP contribution in [0, 0.1) is 27.2 Å². The van der Waals surface area contributed by atoms with Gasteiger partial charge in [0.05, 0.1) is 22.5 Å². The number of aliphatic hydroxyl groups excluding tert-OH is 4. The van der Waals surface area contributed by atoms with E-state index in [1.54, 1.807) is 0 Å². The predicted octanol–water partition coefficient (Wildman–Crippen LogP) is -1.01. The van der Waals surface area contributed by atoms with E-state index in [1.807, 2.05) is 0 Å². The Morgan fingerprint density at radius 1 is 1.16 bits per heavy atom. The lowest BCUT2D eigenvalue weighted by molar-refractivity contribution is -0.395. The number of rotatable bonds is 5.